The SMILES string of the molecule is CC[C@@H](C)[C@H](NC(=O)[C@H](Cc1ccccc1)n1c(=O)[nH]c2ccccc2c1=O)C(=O)N[C@H](CC(C)C)C(=O)O. The van der Waals surface area contributed by atoms with Crippen LogP contribution in [0, 0.1) is 11.8 Å². The summed E-state index contributed by atoms with van der Waals surface area (Å²) in [5.41, 5.74) is -0.311. The fourth-order valence-corrected chi connectivity index (χ4v) is 4.50. The Morgan fingerprint density at radius 3 is 2.18 bits per heavy atom. The molecule has 0 saturated heterocycles. The quantitative estimate of drug-likeness (QED) is 0.279. The fourth-order valence-electron chi connectivity index (χ4n) is 4.50. The summed E-state index contributed by atoms with van der Waals surface area (Å²) >= 11 is 0. The summed E-state index contributed by atoms with van der Waals surface area (Å²) in [5.74, 6) is -2.83. The Morgan fingerprint density at radius 2 is 1.56 bits per heavy atom. The van der Waals surface area contributed by atoms with E-state index in [1.807, 2.05) is 26.8 Å². The average molecular weight is 537 g/mol. The normalized spacial score (nSPS) is 14.4. The molecule has 39 heavy (non-hydrogen) atoms. The van der Waals surface area contributed by atoms with Gasteiger partial charge in [0.1, 0.15) is 18.1 Å². The molecule has 0 spiro atoms. The first-order chi connectivity index (χ1) is 18.5. The molecule has 3 rings (SSSR count). The van der Waals surface area contributed by atoms with Gasteiger partial charge in [-0.15, -0.1) is 0 Å². The van der Waals surface area contributed by atoms with Crippen molar-refractivity contribution < 1.29 is 19.5 Å². The van der Waals surface area contributed by atoms with Gasteiger partial charge in [0.25, 0.3) is 5.56 Å². The molecule has 0 fully saturated rings. The minimum absolute atomic E-state index is 0.0183. The number of amides is 2. The van der Waals surface area contributed by atoms with Gasteiger partial charge in [-0.3, -0.25) is 14.4 Å². The zero-order valence-electron chi connectivity index (χ0n) is 22.6. The number of aromatic amines is 1. The summed E-state index contributed by atoms with van der Waals surface area (Å²) in [5, 5.41) is 15.1. The van der Waals surface area contributed by atoms with E-state index in [1.165, 1.54) is 0 Å². The van der Waals surface area contributed by atoms with Crippen molar-refractivity contribution in [2.45, 2.75) is 65.1 Å². The van der Waals surface area contributed by atoms with Gasteiger partial charge in [0.2, 0.25) is 11.8 Å². The standard InChI is InChI=1S/C29H36N4O6/c1-5-18(4)24(26(35)30-22(28(37)38)15-17(2)3)32-25(34)23(16-19-11-7-6-8-12-19)33-27(36)20-13-9-10-14-21(20)31-29(33)39/h6-14,17-18,22-24H,5,15-16H2,1-4H3,(H,30,35)(H,31,39)(H,32,34)(H,37,38)/t18-,22-,23+,24+/m1/s1. The number of benzene rings is 2. The Balaban J connectivity index is 2.02. The Morgan fingerprint density at radius 1 is 0.923 bits per heavy atom. The van der Waals surface area contributed by atoms with Gasteiger partial charge in [-0.1, -0.05) is 76.6 Å². The number of H-pyrrole nitrogens is 1. The molecule has 2 amide bonds. The lowest BCUT2D eigenvalue weighted by atomic mass is 9.96. The number of nitrogens with zero attached hydrogens (tertiary/aromatic N) is 1. The first-order valence-electron chi connectivity index (χ1n) is 13.1. The highest BCUT2D eigenvalue weighted by Gasteiger charge is 2.33. The van der Waals surface area contributed by atoms with Crippen LogP contribution in [0.2, 0.25) is 0 Å². The minimum atomic E-state index is -1.27. The molecule has 0 saturated carbocycles. The lowest BCUT2D eigenvalue weighted by Crippen LogP contribution is -2.56. The maximum Gasteiger partial charge on any atom is 0.329 e. The molecule has 10 nitrogen and oxygen atoms in total. The number of aliphatic carboxylic acids is 1. The molecule has 0 aliphatic heterocycles. The summed E-state index contributed by atoms with van der Waals surface area (Å²) in [6.07, 6.45) is 0.759. The molecule has 10 heteroatoms. The van der Waals surface area contributed by atoms with Gasteiger partial charge in [-0.25, -0.2) is 14.2 Å². The van der Waals surface area contributed by atoms with E-state index in [4.69, 9.17) is 0 Å². The number of fused-ring (bicyclic) bond motifs is 1. The van der Waals surface area contributed by atoms with Crippen LogP contribution in [0.3, 0.4) is 0 Å². The lowest BCUT2D eigenvalue weighted by Gasteiger charge is -2.28. The van der Waals surface area contributed by atoms with Crippen LogP contribution in [0.5, 0.6) is 0 Å². The fraction of sp³-hybridized carbons (Fsp3) is 0.414. The number of nitrogens with one attached hydrogen (secondary N) is 3. The molecule has 4 N–H and O–H groups in total. The Bertz CT molecular complexity index is 1430. The monoisotopic (exact) mass is 536 g/mol. The van der Waals surface area contributed by atoms with Crippen molar-refractivity contribution in [1.82, 2.24) is 20.2 Å². The van der Waals surface area contributed by atoms with Crippen molar-refractivity contribution in [2.24, 2.45) is 11.8 Å². The first kappa shape index (κ1) is 29.3. The van der Waals surface area contributed by atoms with Crippen molar-refractivity contribution in [2.75, 3.05) is 0 Å². The highest BCUT2D eigenvalue weighted by atomic mass is 16.4. The van der Waals surface area contributed by atoms with E-state index in [0.717, 1.165) is 4.57 Å². The van der Waals surface area contributed by atoms with Crippen LogP contribution >= 0.6 is 0 Å². The van der Waals surface area contributed by atoms with E-state index in [2.05, 4.69) is 15.6 Å². The molecule has 1 aromatic heterocycles. The second kappa shape index (κ2) is 13.0. The van der Waals surface area contributed by atoms with Gasteiger partial charge in [-0.05, 0) is 36.0 Å². The summed E-state index contributed by atoms with van der Waals surface area (Å²) in [4.78, 5) is 68.0. The number of carbonyl (C=O) groups is 3. The van der Waals surface area contributed by atoms with E-state index in [-0.39, 0.29) is 30.1 Å². The zero-order valence-corrected chi connectivity index (χ0v) is 22.6. The summed E-state index contributed by atoms with van der Waals surface area (Å²) < 4.78 is 0.884. The minimum Gasteiger partial charge on any atom is -0.480 e. The highest BCUT2D eigenvalue weighted by Crippen LogP contribution is 2.16. The predicted octanol–water partition coefficient (Wildman–Crippen LogP) is 2.62. The molecule has 3 aromatic rings. The van der Waals surface area contributed by atoms with Gasteiger partial charge in [-0.2, -0.15) is 0 Å². The lowest BCUT2D eigenvalue weighted by molar-refractivity contribution is -0.143. The molecule has 208 valence electrons. The molecule has 0 bridgehead atoms. The number of hydrogen-bond donors (Lipinski definition) is 4. The van der Waals surface area contributed by atoms with Crippen molar-refractivity contribution in [1.29, 1.82) is 0 Å². The Labute approximate surface area is 226 Å². The molecule has 4 atom stereocenters. The third-order valence-electron chi connectivity index (χ3n) is 6.84. The number of aromatic nitrogens is 2. The molecule has 0 aliphatic rings. The molecule has 2 aromatic carbocycles. The number of rotatable bonds is 12. The van der Waals surface area contributed by atoms with Gasteiger partial charge in [0.15, 0.2) is 0 Å². The topological polar surface area (TPSA) is 150 Å². The molecule has 1 heterocycles. The zero-order chi connectivity index (χ0) is 28.7. The number of carboxylic acids is 1. The van der Waals surface area contributed by atoms with Gasteiger partial charge in [0, 0.05) is 6.42 Å². The molecular weight excluding hydrogens is 500 g/mol. The number of hydrogen-bond acceptors (Lipinski definition) is 5. The van der Waals surface area contributed by atoms with Crippen LogP contribution in [-0.2, 0) is 20.8 Å². The molecule has 0 unspecified atom stereocenters. The van der Waals surface area contributed by atoms with E-state index < -0.39 is 47.2 Å². The Hall–Kier alpha value is -4.21. The van der Waals surface area contributed by atoms with Gasteiger partial charge < -0.3 is 20.7 Å². The summed E-state index contributed by atoms with van der Waals surface area (Å²) in [6, 6.07) is 12.0. The highest BCUT2D eigenvalue weighted by molar-refractivity contribution is 5.91. The van der Waals surface area contributed by atoms with E-state index in [9.17, 15) is 29.1 Å². The molecule has 0 aliphatic carbocycles. The Kier molecular flexibility index (Phi) is 9.81. The van der Waals surface area contributed by atoms with Crippen molar-refractivity contribution in [3.63, 3.8) is 0 Å². The van der Waals surface area contributed by atoms with Crippen LogP contribution in [-0.4, -0.2) is 44.5 Å². The van der Waals surface area contributed by atoms with Crippen molar-refractivity contribution in [3.05, 3.63) is 81.0 Å². The predicted molar refractivity (Wildman–Crippen MR) is 148 cm³/mol. The van der Waals surface area contributed by atoms with E-state index in [1.54, 1.807) is 55.5 Å². The second-order valence-corrected chi connectivity index (χ2v) is 10.3. The smallest absolute Gasteiger partial charge is 0.329 e. The maximum absolute atomic E-state index is 13.8. The maximum atomic E-state index is 13.8. The van der Waals surface area contributed by atoms with Gasteiger partial charge in [0.05, 0.1) is 10.9 Å². The van der Waals surface area contributed by atoms with E-state index >= 15 is 0 Å². The number of carboxylic acid groups (broad SMARTS) is 1. The van der Waals surface area contributed by atoms with Crippen molar-refractivity contribution in [3.8, 4) is 0 Å². The number of carbonyl (C=O) groups excluding carboxylic acids is 2. The molecule has 0 radical (unpaired) electrons. The van der Waals surface area contributed by atoms with E-state index in [0.29, 0.717) is 17.5 Å². The third-order valence-corrected chi connectivity index (χ3v) is 6.84. The van der Waals surface area contributed by atoms with Crippen LogP contribution in [0.1, 0.15) is 52.1 Å². The summed E-state index contributed by atoms with van der Waals surface area (Å²) in [7, 11) is 0. The van der Waals surface area contributed by atoms with Crippen LogP contribution in [0.15, 0.2) is 64.2 Å². The summed E-state index contributed by atoms with van der Waals surface area (Å²) in [6.45, 7) is 7.32. The van der Waals surface area contributed by atoms with Crippen LogP contribution in [0.25, 0.3) is 10.9 Å². The average Bonchev–Trinajstić information content (AvgIpc) is 2.90. The van der Waals surface area contributed by atoms with Crippen LogP contribution < -0.4 is 21.9 Å². The first-order valence-corrected chi connectivity index (χ1v) is 13.1. The molecular formula is C29H36N4O6. The van der Waals surface area contributed by atoms with Crippen LogP contribution in [0.4, 0.5) is 0 Å². The van der Waals surface area contributed by atoms with Crippen molar-refractivity contribution >= 4 is 28.7 Å². The van der Waals surface area contributed by atoms with Gasteiger partial charge >= 0.3 is 11.7 Å². The second-order valence-electron chi connectivity index (χ2n) is 10.3. The largest absolute Gasteiger partial charge is 0.480 e. The number of para-hydroxylation sites is 1. The third kappa shape index (κ3) is 7.22.